The molecule has 1 aromatic rings. The molecule has 2 heterocycles. The molecule has 0 saturated carbocycles. The Morgan fingerprint density at radius 3 is 3.07 bits per heavy atom. The van der Waals surface area contributed by atoms with Crippen LogP contribution in [0.4, 0.5) is 0 Å². The van der Waals surface area contributed by atoms with Crippen LogP contribution in [-0.4, -0.2) is 16.1 Å². The average Bonchev–Trinajstić information content (AvgIpc) is 2.60. The molecule has 78 valence electrons. The maximum Gasteiger partial charge on any atom is 0.111 e. The first-order valence-electron chi connectivity index (χ1n) is 5.50. The zero-order valence-corrected chi connectivity index (χ0v) is 9.03. The fraction of sp³-hybridized carbons (Fsp3) is 0.727. The molecule has 0 aliphatic carbocycles. The van der Waals surface area contributed by atoms with E-state index in [0.717, 1.165) is 13.0 Å². The standard InChI is InChI=1S/C11H19N3/c1-8(2)11-13-7-10-5-3-4-9(6-12)14(10)11/h7-9H,3-6,12H2,1-2H3. The molecule has 0 aromatic carbocycles. The van der Waals surface area contributed by atoms with Gasteiger partial charge in [-0.25, -0.2) is 4.98 Å². The minimum atomic E-state index is 0.485. The third-order valence-electron chi connectivity index (χ3n) is 3.03. The number of hydrogen-bond donors (Lipinski definition) is 1. The molecule has 0 spiro atoms. The number of hydrogen-bond acceptors (Lipinski definition) is 2. The van der Waals surface area contributed by atoms with Crippen molar-refractivity contribution in [1.82, 2.24) is 9.55 Å². The number of nitrogens with zero attached hydrogens (tertiary/aromatic N) is 2. The Bertz CT molecular complexity index is 314. The summed E-state index contributed by atoms with van der Waals surface area (Å²) in [5.74, 6) is 1.70. The van der Waals surface area contributed by atoms with Gasteiger partial charge < -0.3 is 10.3 Å². The van der Waals surface area contributed by atoms with Crippen LogP contribution in [-0.2, 0) is 6.42 Å². The Morgan fingerprint density at radius 1 is 1.64 bits per heavy atom. The Hall–Kier alpha value is -0.830. The van der Waals surface area contributed by atoms with Gasteiger partial charge in [0.2, 0.25) is 0 Å². The van der Waals surface area contributed by atoms with E-state index in [-0.39, 0.29) is 0 Å². The first-order valence-corrected chi connectivity index (χ1v) is 5.50. The topological polar surface area (TPSA) is 43.8 Å². The highest BCUT2D eigenvalue weighted by Crippen LogP contribution is 2.28. The van der Waals surface area contributed by atoms with Crippen molar-refractivity contribution in [3.63, 3.8) is 0 Å². The molecule has 0 amide bonds. The minimum absolute atomic E-state index is 0.485. The Labute approximate surface area is 85.3 Å². The van der Waals surface area contributed by atoms with Crippen LogP contribution in [0.25, 0.3) is 0 Å². The van der Waals surface area contributed by atoms with Crippen molar-refractivity contribution in [2.45, 2.75) is 45.1 Å². The molecule has 0 bridgehead atoms. The molecule has 1 aliphatic heterocycles. The maximum absolute atomic E-state index is 5.80. The van der Waals surface area contributed by atoms with Crippen LogP contribution in [0.2, 0.25) is 0 Å². The number of fused-ring (bicyclic) bond motifs is 1. The first-order chi connectivity index (χ1) is 6.74. The van der Waals surface area contributed by atoms with Gasteiger partial charge in [-0.3, -0.25) is 0 Å². The van der Waals surface area contributed by atoms with Crippen molar-refractivity contribution in [3.05, 3.63) is 17.7 Å². The van der Waals surface area contributed by atoms with E-state index in [0.29, 0.717) is 12.0 Å². The predicted molar refractivity (Wildman–Crippen MR) is 57.3 cm³/mol. The van der Waals surface area contributed by atoms with Gasteiger partial charge in [-0.05, 0) is 19.3 Å². The fourth-order valence-electron chi connectivity index (χ4n) is 2.32. The normalized spacial score (nSPS) is 21.3. The summed E-state index contributed by atoms with van der Waals surface area (Å²) >= 11 is 0. The van der Waals surface area contributed by atoms with Gasteiger partial charge in [-0.1, -0.05) is 13.8 Å². The van der Waals surface area contributed by atoms with E-state index in [2.05, 4.69) is 23.4 Å². The van der Waals surface area contributed by atoms with Crippen molar-refractivity contribution in [2.24, 2.45) is 5.73 Å². The number of aryl methyl sites for hydroxylation is 1. The van der Waals surface area contributed by atoms with Gasteiger partial charge in [0.05, 0.1) is 0 Å². The summed E-state index contributed by atoms with van der Waals surface area (Å²) in [6.45, 7) is 5.12. The van der Waals surface area contributed by atoms with Gasteiger partial charge in [-0.2, -0.15) is 0 Å². The molecule has 14 heavy (non-hydrogen) atoms. The fourth-order valence-corrected chi connectivity index (χ4v) is 2.32. The van der Waals surface area contributed by atoms with Crippen LogP contribution in [0.5, 0.6) is 0 Å². The first kappa shape index (κ1) is 9.71. The lowest BCUT2D eigenvalue weighted by Gasteiger charge is -2.27. The van der Waals surface area contributed by atoms with Crippen molar-refractivity contribution in [1.29, 1.82) is 0 Å². The summed E-state index contributed by atoms with van der Waals surface area (Å²) in [5.41, 5.74) is 7.17. The second-order valence-corrected chi connectivity index (χ2v) is 4.41. The van der Waals surface area contributed by atoms with Crippen LogP contribution in [0.1, 0.15) is 50.2 Å². The van der Waals surface area contributed by atoms with Crippen molar-refractivity contribution in [3.8, 4) is 0 Å². The number of nitrogens with two attached hydrogens (primary N) is 1. The minimum Gasteiger partial charge on any atom is -0.328 e. The molecule has 3 heteroatoms. The lowest BCUT2D eigenvalue weighted by Crippen LogP contribution is -2.26. The van der Waals surface area contributed by atoms with E-state index >= 15 is 0 Å². The third kappa shape index (κ3) is 1.46. The summed E-state index contributed by atoms with van der Waals surface area (Å²) in [5, 5.41) is 0. The second-order valence-electron chi connectivity index (χ2n) is 4.41. The molecule has 1 atom stereocenters. The molecule has 2 rings (SSSR count). The van der Waals surface area contributed by atoms with E-state index in [1.807, 2.05) is 6.20 Å². The summed E-state index contributed by atoms with van der Waals surface area (Å²) in [6, 6.07) is 0.485. The molecule has 2 N–H and O–H groups in total. The zero-order chi connectivity index (χ0) is 10.1. The molecule has 1 aromatic heterocycles. The number of aromatic nitrogens is 2. The quantitative estimate of drug-likeness (QED) is 0.779. The van der Waals surface area contributed by atoms with Crippen molar-refractivity contribution >= 4 is 0 Å². The summed E-state index contributed by atoms with van der Waals surface area (Å²) in [7, 11) is 0. The highest BCUT2D eigenvalue weighted by Gasteiger charge is 2.22. The average molecular weight is 193 g/mol. The lowest BCUT2D eigenvalue weighted by atomic mass is 10.0. The van der Waals surface area contributed by atoms with Crippen LogP contribution in [0, 0.1) is 0 Å². The SMILES string of the molecule is CC(C)c1ncc2n1C(CN)CCC2. The molecule has 1 aliphatic rings. The Morgan fingerprint density at radius 2 is 2.43 bits per heavy atom. The monoisotopic (exact) mass is 193 g/mol. The highest BCUT2D eigenvalue weighted by atomic mass is 15.1. The van der Waals surface area contributed by atoms with Crippen LogP contribution >= 0.6 is 0 Å². The Balaban J connectivity index is 2.41. The Kier molecular flexibility index (Phi) is 2.59. The van der Waals surface area contributed by atoms with Crippen molar-refractivity contribution < 1.29 is 0 Å². The third-order valence-corrected chi connectivity index (χ3v) is 3.03. The summed E-state index contributed by atoms with van der Waals surface area (Å²) in [6.07, 6.45) is 5.65. The van der Waals surface area contributed by atoms with E-state index in [1.54, 1.807) is 0 Å². The van der Waals surface area contributed by atoms with Gasteiger partial charge >= 0.3 is 0 Å². The summed E-state index contributed by atoms with van der Waals surface area (Å²) < 4.78 is 2.37. The van der Waals surface area contributed by atoms with Gasteiger partial charge in [0.25, 0.3) is 0 Å². The van der Waals surface area contributed by atoms with Crippen LogP contribution in [0.15, 0.2) is 6.20 Å². The second kappa shape index (κ2) is 3.73. The zero-order valence-electron chi connectivity index (χ0n) is 9.03. The molecular weight excluding hydrogens is 174 g/mol. The maximum atomic E-state index is 5.80. The van der Waals surface area contributed by atoms with Gasteiger partial charge in [0, 0.05) is 30.4 Å². The molecule has 0 fully saturated rings. The molecule has 0 radical (unpaired) electrons. The smallest absolute Gasteiger partial charge is 0.111 e. The lowest BCUT2D eigenvalue weighted by molar-refractivity contribution is 0.392. The van der Waals surface area contributed by atoms with Gasteiger partial charge in [0.15, 0.2) is 0 Å². The van der Waals surface area contributed by atoms with E-state index in [1.165, 1.54) is 24.4 Å². The number of imidazole rings is 1. The van der Waals surface area contributed by atoms with E-state index < -0.39 is 0 Å². The van der Waals surface area contributed by atoms with E-state index in [9.17, 15) is 0 Å². The van der Waals surface area contributed by atoms with Gasteiger partial charge in [0.1, 0.15) is 5.82 Å². The molecular formula is C11H19N3. The van der Waals surface area contributed by atoms with Crippen LogP contribution in [0.3, 0.4) is 0 Å². The predicted octanol–water partition coefficient (Wildman–Crippen LogP) is 1.84. The van der Waals surface area contributed by atoms with Crippen LogP contribution < -0.4 is 5.73 Å². The van der Waals surface area contributed by atoms with E-state index in [4.69, 9.17) is 5.73 Å². The summed E-state index contributed by atoms with van der Waals surface area (Å²) in [4.78, 5) is 4.50. The molecule has 3 nitrogen and oxygen atoms in total. The van der Waals surface area contributed by atoms with Crippen molar-refractivity contribution in [2.75, 3.05) is 6.54 Å². The molecule has 1 unspecified atom stereocenters. The molecule has 0 saturated heterocycles. The number of rotatable bonds is 2. The highest BCUT2D eigenvalue weighted by molar-refractivity contribution is 5.12. The largest absolute Gasteiger partial charge is 0.328 e. The van der Waals surface area contributed by atoms with Gasteiger partial charge in [-0.15, -0.1) is 0 Å².